The van der Waals surface area contributed by atoms with Crippen LogP contribution in [0.5, 0.6) is 5.75 Å². The van der Waals surface area contributed by atoms with Crippen molar-refractivity contribution in [1.82, 2.24) is 0 Å². The number of furan rings is 1. The van der Waals surface area contributed by atoms with Crippen molar-refractivity contribution in [3.8, 4) is 5.75 Å². The number of carbonyl (C=O) groups excluding carboxylic acids is 1. The molecule has 0 aliphatic rings. The number of esters is 1. The van der Waals surface area contributed by atoms with Crippen LogP contribution in [-0.2, 0) is 10.5 Å². The van der Waals surface area contributed by atoms with Gasteiger partial charge in [0.2, 0.25) is 0 Å². The smallest absolute Gasteiger partial charge is 0.341 e. The topological polar surface area (TPSA) is 59.7 Å². The highest BCUT2D eigenvalue weighted by Crippen LogP contribution is 2.27. The fourth-order valence-corrected chi connectivity index (χ4v) is 2.47. The number of benzene rings is 1. The monoisotopic (exact) mass is 278 g/mol. The zero-order valence-corrected chi connectivity index (χ0v) is 11.3. The number of rotatable bonds is 5. The van der Waals surface area contributed by atoms with Gasteiger partial charge in [0.15, 0.2) is 0 Å². The van der Waals surface area contributed by atoms with Gasteiger partial charge in [0.25, 0.3) is 0 Å². The summed E-state index contributed by atoms with van der Waals surface area (Å²) in [4.78, 5) is 12.6. The molecule has 4 nitrogen and oxygen atoms in total. The van der Waals surface area contributed by atoms with Crippen LogP contribution in [0.3, 0.4) is 0 Å². The molecule has 2 rings (SSSR count). The second-order valence-corrected chi connectivity index (χ2v) is 4.81. The Labute approximate surface area is 115 Å². The lowest BCUT2D eigenvalue weighted by Gasteiger charge is -2.03. The number of ether oxygens (including phenoxy) is 1. The average molecular weight is 278 g/mol. The first kappa shape index (κ1) is 13.5. The Hall–Kier alpha value is -1.88. The molecule has 0 saturated carbocycles. The number of phenols is 1. The van der Waals surface area contributed by atoms with Gasteiger partial charge in [0.05, 0.1) is 18.6 Å². The minimum Gasteiger partial charge on any atom is -0.508 e. The number of hydrogen-bond donors (Lipinski definition) is 1. The van der Waals surface area contributed by atoms with E-state index in [9.17, 15) is 9.90 Å². The molecule has 1 aromatic heterocycles. The van der Waals surface area contributed by atoms with Crippen LogP contribution in [0, 0.1) is 0 Å². The molecule has 0 atom stereocenters. The maximum atomic E-state index is 11.7. The van der Waals surface area contributed by atoms with Crippen LogP contribution in [0.4, 0.5) is 0 Å². The van der Waals surface area contributed by atoms with Gasteiger partial charge in [-0.05, 0) is 31.2 Å². The summed E-state index contributed by atoms with van der Waals surface area (Å²) in [5, 5.41) is 9.37. The predicted molar refractivity (Wildman–Crippen MR) is 72.3 cm³/mol. The molecule has 0 spiro atoms. The van der Waals surface area contributed by atoms with E-state index in [1.54, 1.807) is 31.2 Å². The second-order valence-electron chi connectivity index (χ2n) is 3.76. The van der Waals surface area contributed by atoms with E-state index in [0.717, 1.165) is 4.90 Å². The molecule has 19 heavy (non-hydrogen) atoms. The molecule has 100 valence electrons. The normalized spacial score (nSPS) is 10.4. The van der Waals surface area contributed by atoms with Crippen LogP contribution >= 0.6 is 11.8 Å². The predicted octanol–water partition coefficient (Wildman–Crippen LogP) is 3.45. The number of thioether (sulfide) groups is 1. The van der Waals surface area contributed by atoms with Crippen LogP contribution in [-0.4, -0.2) is 17.7 Å². The van der Waals surface area contributed by atoms with E-state index in [-0.39, 0.29) is 11.7 Å². The Kier molecular flexibility index (Phi) is 4.52. The van der Waals surface area contributed by atoms with Gasteiger partial charge < -0.3 is 14.3 Å². The Morgan fingerprint density at radius 1 is 1.42 bits per heavy atom. The lowest BCUT2D eigenvalue weighted by atomic mass is 10.3. The third kappa shape index (κ3) is 3.54. The van der Waals surface area contributed by atoms with Crippen molar-refractivity contribution in [2.24, 2.45) is 0 Å². The van der Waals surface area contributed by atoms with Gasteiger partial charge in [-0.2, -0.15) is 0 Å². The zero-order valence-electron chi connectivity index (χ0n) is 10.5. The molecule has 0 aliphatic carbocycles. The lowest BCUT2D eigenvalue weighted by Crippen LogP contribution is -2.05. The lowest BCUT2D eigenvalue weighted by molar-refractivity contribution is 0.0524. The number of phenolic OH excluding ortho intramolecular Hbond substituents is 1. The fourth-order valence-electron chi connectivity index (χ4n) is 1.57. The maximum Gasteiger partial charge on any atom is 0.341 e. The third-order valence-electron chi connectivity index (χ3n) is 2.43. The standard InChI is InChI=1S/C14H14O4S/c1-2-17-14(16)12-6-7-18-13(12)9-19-11-5-3-4-10(15)8-11/h3-8,15H,2,9H2,1H3. The van der Waals surface area contributed by atoms with E-state index in [0.29, 0.717) is 23.7 Å². The van der Waals surface area contributed by atoms with Crippen LogP contribution < -0.4 is 0 Å². The maximum absolute atomic E-state index is 11.7. The molecule has 0 fully saturated rings. The van der Waals surface area contributed by atoms with Gasteiger partial charge in [-0.1, -0.05) is 6.07 Å². The van der Waals surface area contributed by atoms with Crippen LogP contribution in [0.1, 0.15) is 23.0 Å². The molecule has 1 N–H and O–H groups in total. The van der Waals surface area contributed by atoms with Crippen molar-refractivity contribution in [2.45, 2.75) is 17.6 Å². The molecular weight excluding hydrogens is 264 g/mol. The minimum atomic E-state index is -0.372. The number of aromatic hydroxyl groups is 1. The summed E-state index contributed by atoms with van der Waals surface area (Å²) in [6, 6.07) is 8.54. The molecule has 1 aromatic carbocycles. The van der Waals surface area contributed by atoms with Gasteiger partial charge in [0.1, 0.15) is 17.1 Å². The first-order valence-electron chi connectivity index (χ1n) is 5.86. The summed E-state index contributed by atoms with van der Waals surface area (Å²) < 4.78 is 10.2. The van der Waals surface area contributed by atoms with Crippen LogP contribution in [0.15, 0.2) is 45.9 Å². The molecule has 0 bridgehead atoms. The highest BCUT2D eigenvalue weighted by molar-refractivity contribution is 7.98. The summed E-state index contributed by atoms with van der Waals surface area (Å²) in [5.74, 6) is 0.926. The van der Waals surface area contributed by atoms with Gasteiger partial charge in [-0.3, -0.25) is 0 Å². The van der Waals surface area contributed by atoms with Gasteiger partial charge in [-0.25, -0.2) is 4.79 Å². The Balaban J connectivity index is 2.04. The number of hydrogen-bond acceptors (Lipinski definition) is 5. The Morgan fingerprint density at radius 3 is 3.00 bits per heavy atom. The van der Waals surface area contributed by atoms with E-state index in [1.165, 1.54) is 18.0 Å². The van der Waals surface area contributed by atoms with Crippen molar-refractivity contribution in [2.75, 3.05) is 6.61 Å². The molecule has 0 radical (unpaired) electrons. The molecular formula is C14H14O4S. The quantitative estimate of drug-likeness (QED) is 0.670. The number of carbonyl (C=O) groups is 1. The average Bonchev–Trinajstić information content (AvgIpc) is 2.85. The molecule has 0 amide bonds. The van der Waals surface area contributed by atoms with Gasteiger partial charge in [0, 0.05) is 4.90 Å². The highest BCUT2D eigenvalue weighted by Gasteiger charge is 2.15. The van der Waals surface area contributed by atoms with E-state index in [4.69, 9.17) is 9.15 Å². The second kappa shape index (κ2) is 6.33. The van der Waals surface area contributed by atoms with E-state index >= 15 is 0 Å². The highest BCUT2D eigenvalue weighted by atomic mass is 32.2. The van der Waals surface area contributed by atoms with Crippen molar-refractivity contribution >= 4 is 17.7 Å². The van der Waals surface area contributed by atoms with Crippen molar-refractivity contribution in [1.29, 1.82) is 0 Å². The molecule has 5 heteroatoms. The summed E-state index contributed by atoms with van der Waals surface area (Å²) in [7, 11) is 0. The van der Waals surface area contributed by atoms with Gasteiger partial charge in [-0.15, -0.1) is 11.8 Å². The van der Waals surface area contributed by atoms with Crippen LogP contribution in [0.25, 0.3) is 0 Å². The molecule has 0 aliphatic heterocycles. The fraction of sp³-hybridized carbons (Fsp3) is 0.214. The first-order chi connectivity index (χ1) is 9.20. The first-order valence-corrected chi connectivity index (χ1v) is 6.84. The summed E-state index contributed by atoms with van der Waals surface area (Å²) in [6.45, 7) is 2.10. The summed E-state index contributed by atoms with van der Waals surface area (Å²) in [6.07, 6.45) is 1.48. The molecule has 0 saturated heterocycles. The van der Waals surface area contributed by atoms with Crippen molar-refractivity contribution in [3.05, 3.63) is 47.9 Å². The summed E-state index contributed by atoms with van der Waals surface area (Å²) in [5.41, 5.74) is 0.453. The zero-order chi connectivity index (χ0) is 13.7. The van der Waals surface area contributed by atoms with E-state index in [1.807, 2.05) is 6.07 Å². The third-order valence-corrected chi connectivity index (χ3v) is 3.42. The van der Waals surface area contributed by atoms with Gasteiger partial charge >= 0.3 is 5.97 Å². The van der Waals surface area contributed by atoms with Crippen molar-refractivity contribution < 1.29 is 19.1 Å². The Morgan fingerprint density at radius 2 is 2.26 bits per heavy atom. The van der Waals surface area contributed by atoms with E-state index < -0.39 is 0 Å². The Bertz CT molecular complexity index is 562. The molecule has 0 unspecified atom stereocenters. The van der Waals surface area contributed by atoms with Crippen molar-refractivity contribution in [3.63, 3.8) is 0 Å². The summed E-state index contributed by atoms with van der Waals surface area (Å²) >= 11 is 1.48. The minimum absolute atomic E-state index is 0.218. The van der Waals surface area contributed by atoms with E-state index in [2.05, 4.69) is 0 Å². The molecule has 1 heterocycles. The largest absolute Gasteiger partial charge is 0.508 e. The SMILES string of the molecule is CCOC(=O)c1ccoc1CSc1cccc(O)c1. The van der Waals surface area contributed by atoms with Crippen LogP contribution in [0.2, 0.25) is 0 Å². The molecule has 2 aromatic rings.